The predicted molar refractivity (Wildman–Crippen MR) is 65.9 cm³/mol. The molecular formula is C12H18N4O. The highest BCUT2D eigenvalue weighted by Gasteiger charge is 2.30. The number of aromatic nitrogens is 2. The van der Waals surface area contributed by atoms with Crippen molar-refractivity contribution in [2.45, 2.75) is 37.6 Å². The summed E-state index contributed by atoms with van der Waals surface area (Å²) in [5.41, 5.74) is 5.84. The minimum Gasteiger partial charge on any atom is -0.394 e. The molecule has 2 aliphatic rings. The van der Waals surface area contributed by atoms with Crippen molar-refractivity contribution in [1.82, 2.24) is 9.97 Å². The van der Waals surface area contributed by atoms with Gasteiger partial charge in [0.25, 0.3) is 0 Å². The highest BCUT2D eigenvalue weighted by Crippen LogP contribution is 2.39. The summed E-state index contributed by atoms with van der Waals surface area (Å²) in [6, 6.07) is 2.01. The number of aliphatic hydroxyl groups is 1. The van der Waals surface area contributed by atoms with Gasteiger partial charge in [-0.25, -0.2) is 9.97 Å². The van der Waals surface area contributed by atoms with Crippen LogP contribution >= 0.6 is 0 Å². The predicted octanol–water partition coefficient (Wildman–Crippen LogP) is 0.897. The van der Waals surface area contributed by atoms with E-state index in [4.69, 9.17) is 5.73 Å². The molecule has 3 rings (SSSR count). The lowest BCUT2D eigenvalue weighted by molar-refractivity contribution is 0.266. The highest BCUT2D eigenvalue weighted by molar-refractivity contribution is 5.49. The lowest BCUT2D eigenvalue weighted by atomic mass is 10.2. The molecule has 0 amide bonds. The Morgan fingerprint density at radius 2 is 2.18 bits per heavy atom. The van der Waals surface area contributed by atoms with E-state index in [2.05, 4.69) is 14.9 Å². The Morgan fingerprint density at radius 1 is 1.35 bits per heavy atom. The normalized spacial score (nSPS) is 24.3. The Morgan fingerprint density at radius 3 is 2.88 bits per heavy atom. The van der Waals surface area contributed by atoms with Crippen LogP contribution in [-0.2, 0) is 0 Å². The molecule has 2 fully saturated rings. The smallest absolute Gasteiger partial charge is 0.136 e. The van der Waals surface area contributed by atoms with Crippen LogP contribution in [0.4, 0.5) is 11.6 Å². The molecule has 1 unspecified atom stereocenters. The molecule has 2 heterocycles. The van der Waals surface area contributed by atoms with E-state index in [-0.39, 0.29) is 12.6 Å². The summed E-state index contributed by atoms with van der Waals surface area (Å²) in [6.45, 7) is 1.13. The van der Waals surface area contributed by atoms with Crippen LogP contribution in [0.1, 0.15) is 37.4 Å². The first kappa shape index (κ1) is 10.8. The van der Waals surface area contributed by atoms with Gasteiger partial charge in [0, 0.05) is 18.5 Å². The molecule has 1 aliphatic heterocycles. The largest absolute Gasteiger partial charge is 0.394 e. The van der Waals surface area contributed by atoms with Crippen molar-refractivity contribution in [3.63, 3.8) is 0 Å². The quantitative estimate of drug-likeness (QED) is 0.812. The van der Waals surface area contributed by atoms with E-state index in [0.29, 0.717) is 11.7 Å². The number of nitrogen functional groups attached to an aromatic ring is 1. The van der Waals surface area contributed by atoms with Crippen LogP contribution in [-0.4, -0.2) is 34.3 Å². The van der Waals surface area contributed by atoms with E-state index >= 15 is 0 Å². The first-order valence-electron chi connectivity index (χ1n) is 6.30. The summed E-state index contributed by atoms with van der Waals surface area (Å²) < 4.78 is 0. The van der Waals surface area contributed by atoms with Crippen molar-refractivity contribution in [3.8, 4) is 0 Å². The molecule has 0 spiro atoms. The molecule has 1 aliphatic carbocycles. The highest BCUT2D eigenvalue weighted by atomic mass is 16.3. The Hall–Kier alpha value is -1.36. The maximum absolute atomic E-state index is 9.34. The molecule has 1 saturated heterocycles. The lowest BCUT2D eigenvalue weighted by Crippen LogP contribution is -2.33. The van der Waals surface area contributed by atoms with Crippen molar-refractivity contribution in [2.24, 2.45) is 0 Å². The SMILES string of the molecule is Nc1cc(N2CCCC2CO)nc(C2CC2)n1. The second-order valence-corrected chi connectivity index (χ2v) is 4.96. The summed E-state index contributed by atoms with van der Waals surface area (Å²) in [5, 5.41) is 9.34. The molecular weight excluding hydrogens is 216 g/mol. The zero-order valence-electron chi connectivity index (χ0n) is 9.84. The molecule has 17 heavy (non-hydrogen) atoms. The molecule has 0 radical (unpaired) electrons. The van der Waals surface area contributed by atoms with Crippen LogP contribution in [0.15, 0.2) is 6.07 Å². The second kappa shape index (κ2) is 4.14. The van der Waals surface area contributed by atoms with E-state index in [1.165, 1.54) is 12.8 Å². The van der Waals surface area contributed by atoms with E-state index in [1.807, 2.05) is 6.07 Å². The van der Waals surface area contributed by atoms with Gasteiger partial charge in [0.1, 0.15) is 17.5 Å². The van der Waals surface area contributed by atoms with Crippen LogP contribution in [0, 0.1) is 0 Å². The molecule has 1 aromatic rings. The van der Waals surface area contributed by atoms with Crippen LogP contribution in [0.5, 0.6) is 0 Å². The molecule has 5 heteroatoms. The van der Waals surface area contributed by atoms with Gasteiger partial charge in [-0.2, -0.15) is 0 Å². The summed E-state index contributed by atoms with van der Waals surface area (Å²) in [4.78, 5) is 11.1. The van der Waals surface area contributed by atoms with Crippen LogP contribution < -0.4 is 10.6 Å². The van der Waals surface area contributed by atoms with Crippen molar-refractivity contribution in [2.75, 3.05) is 23.8 Å². The Bertz CT molecular complexity index is 419. The lowest BCUT2D eigenvalue weighted by Gasteiger charge is -2.24. The monoisotopic (exact) mass is 234 g/mol. The molecule has 0 aromatic carbocycles. The van der Waals surface area contributed by atoms with Gasteiger partial charge in [0.05, 0.1) is 12.6 Å². The van der Waals surface area contributed by atoms with Gasteiger partial charge in [-0.3, -0.25) is 0 Å². The third-order valence-electron chi connectivity index (χ3n) is 3.57. The number of nitrogens with two attached hydrogens (primary N) is 1. The summed E-state index contributed by atoms with van der Waals surface area (Å²) in [6.07, 6.45) is 4.48. The molecule has 3 N–H and O–H groups in total. The Labute approximate surface area is 101 Å². The summed E-state index contributed by atoms with van der Waals surface area (Å²) in [5.74, 6) is 2.81. The van der Waals surface area contributed by atoms with Crippen LogP contribution in [0.2, 0.25) is 0 Å². The fourth-order valence-electron chi connectivity index (χ4n) is 2.47. The maximum atomic E-state index is 9.34. The zero-order chi connectivity index (χ0) is 11.8. The third-order valence-corrected chi connectivity index (χ3v) is 3.57. The molecule has 1 aromatic heterocycles. The van der Waals surface area contributed by atoms with Gasteiger partial charge in [-0.1, -0.05) is 0 Å². The number of nitrogens with zero attached hydrogens (tertiary/aromatic N) is 3. The second-order valence-electron chi connectivity index (χ2n) is 4.96. The molecule has 1 atom stereocenters. The minimum atomic E-state index is 0.183. The number of anilines is 2. The number of rotatable bonds is 3. The third kappa shape index (κ3) is 2.07. The molecule has 5 nitrogen and oxygen atoms in total. The van der Waals surface area contributed by atoms with Crippen molar-refractivity contribution < 1.29 is 5.11 Å². The van der Waals surface area contributed by atoms with Crippen LogP contribution in [0.3, 0.4) is 0 Å². The fourth-order valence-corrected chi connectivity index (χ4v) is 2.47. The van der Waals surface area contributed by atoms with Gasteiger partial charge in [-0.05, 0) is 25.7 Å². The van der Waals surface area contributed by atoms with Gasteiger partial charge in [0.15, 0.2) is 0 Å². The van der Waals surface area contributed by atoms with Crippen molar-refractivity contribution in [3.05, 3.63) is 11.9 Å². The van der Waals surface area contributed by atoms with Crippen molar-refractivity contribution in [1.29, 1.82) is 0 Å². The maximum Gasteiger partial charge on any atom is 0.136 e. The van der Waals surface area contributed by atoms with E-state index in [0.717, 1.165) is 31.0 Å². The Balaban J connectivity index is 1.90. The van der Waals surface area contributed by atoms with Crippen LogP contribution in [0.25, 0.3) is 0 Å². The topological polar surface area (TPSA) is 75.3 Å². The average Bonchev–Trinajstić information content (AvgIpc) is 3.06. The first-order chi connectivity index (χ1) is 8.28. The molecule has 92 valence electrons. The number of hydrogen-bond donors (Lipinski definition) is 2. The van der Waals surface area contributed by atoms with Crippen molar-refractivity contribution >= 4 is 11.6 Å². The number of aliphatic hydroxyl groups excluding tert-OH is 1. The standard InChI is InChI=1S/C12H18N4O/c13-10-6-11(15-12(14-10)8-3-4-8)16-5-1-2-9(16)7-17/h6,8-9,17H,1-5,7H2,(H2,13,14,15). The van der Waals surface area contributed by atoms with Gasteiger partial charge in [0.2, 0.25) is 0 Å². The van der Waals surface area contributed by atoms with E-state index in [9.17, 15) is 5.11 Å². The molecule has 1 saturated carbocycles. The first-order valence-corrected chi connectivity index (χ1v) is 6.30. The summed E-state index contributed by atoms with van der Waals surface area (Å²) in [7, 11) is 0. The number of hydrogen-bond acceptors (Lipinski definition) is 5. The Kier molecular flexibility index (Phi) is 2.63. The van der Waals surface area contributed by atoms with Gasteiger partial charge < -0.3 is 15.7 Å². The van der Waals surface area contributed by atoms with Gasteiger partial charge >= 0.3 is 0 Å². The zero-order valence-corrected chi connectivity index (χ0v) is 9.84. The minimum absolute atomic E-state index is 0.183. The van der Waals surface area contributed by atoms with Gasteiger partial charge in [-0.15, -0.1) is 0 Å². The van der Waals surface area contributed by atoms with E-state index in [1.54, 1.807) is 0 Å². The molecule has 0 bridgehead atoms. The fraction of sp³-hybridized carbons (Fsp3) is 0.667. The average molecular weight is 234 g/mol. The summed E-state index contributed by atoms with van der Waals surface area (Å²) >= 11 is 0. The van der Waals surface area contributed by atoms with E-state index < -0.39 is 0 Å².